The second-order valence-electron chi connectivity index (χ2n) is 7.43. The number of ether oxygens (including phenoxy) is 2. The fraction of sp³-hybridized carbons (Fsp3) is 0.222. The molecular formula is C27H29NO4. The second kappa shape index (κ2) is 12.2. The van der Waals surface area contributed by atoms with Crippen molar-refractivity contribution in [3.63, 3.8) is 0 Å². The molecule has 0 saturated heterocycles. The van der Waals surface area contributed by atoms with Crippen LogP contribution in [0.3, 0.4) is 0 Å². The number of hydrogen-bond acceptors (Lipinski definition) is 4. The Labute approximate surface area is 189 Å². The van der Waals surface area contributed by atoms with Gasteiger partial charge in [-0.2, -0.15) is 0 Å². The molecule has 0 aromatic heterocycles. The van der Waals surface area contributed by atoms with E-state index in [1.54, 1.807) is 0 Å². The standard InChI is InChI=1S/C27H29NO4/c1-2-9-22-20-25(32-24-12-4-3-5-13-24)14-15-26(22)31-17-7-6-16-28-23-11-8-10-21(18-23)19-27(29)30/h2-5,8,10-15,18,20,28H,1,6-7,9,16-17,19H2,(H,29,30). The average molecular weight is 432 g/mol. The minimum Gasteiger partial charge on any atom is -0.493 e. The van der Waals surface area contributed by atoms with Crippen molar-refractivity contribution in [2.45, 2.75) is 25.7 Å². The number of unbranched alkanes of at least 4 members (excludes halogenated alkanes) is 1. The van der Waals surface area contributed by atoms with E-state index in [9.17, 15) is 4.79 Å². The molecule has 0 atom stereocenters. The smallest absolute Gasteiger partial charge is 0.307 e. The molecule has 166 valence electrons. The van der Waals surface area contributed by atoms with E-state index in [2.05, 4.69) is 11.9 Å². The molecule has 0 amide bonds. The van der Waals surface area contributed by atoms with Gasteiger partial charge in [0, 0.05) is 17.8 Å². The fourth-order valence-corrected chi connectivity index (χ4v) is 3.31. The SMILES string of the molecule is C=CCc1cc(Oc2ccccc2)ccc1OCCCCNc1cccc(CC(=O)O)c1. The van der Waals surface area contributed by atoms with Crippen molar-refractivity contribution >= 4 is 11.7 Å². The molecule has 3 aromatic rings. The summed E-state index contributed by atoms with van der Waals surface area (Å²) in [4.78, 5) is 10.8. The molecule has 2 N–H and O–H groups in total. The molecule has 3 aromatic carbocycles. The number of carboxylic acid groups (broad SMARTS) is 1. The molecule has 0 aliphatic carbocycles. The van der Waals surface area contributed by atoms with E-state index in [0.717, 1.165) is 53.4 Å². The Bertz CT molecular complexity index is 1020. The van der Waals surface area contributed by atoms with Crippen molar-refractivity contribution in [1.29, 1.82) is 0 Å². The van der Waals surface area contributed by atoms with Gasteiger partial charge in [-0.25, -0.2) is 0 Å². The lowest BCUT2D eigenvalue weighted by Gasteiger charge is -2.13. The first-order chi connectivity index (χ1) is 15.6. The number of carbonyl (C=O) groups is 1. The topological polar surface area (TPSA) is 67.8 Å². The van der Waals surface area contributed by atoms with Crippen molar-refractivity contribution < 1.29 is 19.4 Å². The van der Waals surface area contributed by atoms with Crippen LogP contribution in [0.5, 0.6) is 17.2 Å². The van der Waals surface area contributed by atoms with Crippen LogP contribution in [0.4, 0.5) is 5.69 Å². The molecule has 0 fully saturated rings. The Hall–Kier alpha value is -3.73. The van der Waals surface area contributed by atoms with Crippen molar-refractivity contribution in [3.8, 4) is 17.2 Å². The Balaban J connectivity index is 1.45. The monoisotopic (exact) mass is 431 g/mol. The molecule has 5 heteroatoms. The minimum absolute atomic E-state index is 0.0333. The number of anilines is 1. The van der Waals surface area contributed by atoms with Gasteiger partial charge < -0.3 is 19.9 Å². The van der Waals surface area contributed by atoms with Gasteiger partial charge in [-0.1, -0.05) is 36.4 Å². The van der Waals surface area contributed by atoms with Crippen LogP contribution in [0, 0.1) is 0 Å². The number of para-hydroxylation sites is 1. The molecule has 0 bridgehead atoms. The maximum atomic E-state index is 10.8. The van der Waals surface area contributed by atoms with Crippen LogP contribution >= 0.6 is 0 Å². The van der Waals surface area contributed by atoms with Crippen LogP contribution in [0.2, 0.25) is 0 Å². The summed E-state index contributed by atoms with van der Waals surface area (Å²) < 4.78 is 11.9. The zero-order valence-corrected chi connectivity index (χ0v) is 18.1. The molecule has 0 unspecified atom stereocenters. The fourth-order valence-electron chi connectivity index (χ4n) is 3.31. The Morgan fingerprint density at radius 2 is 1.81 bits per heavy atom. The molecular weight excluding hydrogens is 402 g/mol. The van der Waals surface area contributed by atoms with Crippen LogP contribution < -0.4 is 14.8 Å². The predicted molar refractivity (Wildman–Crippen MR) is 128 cm³/mol. The largest absolute Gasteiger partial charge is 0.493 e. The van der Waals surface area contributed by atoms with Gasteiger partial charge in [-0.15, -0.1) is 6.58 Å². The highest BCUT2D eigenvalue weighted by Gasteiger charge is 2.06. The summed E-state index contributed by atoms with van der Waals surface area (Å²) in [6.07, 6.45) is 4.44. The highest BCUT2D eigenvalue weighted by atomic mass is 16.5. The first-order valence-electron chi connectivity index (χ1n) is 10.8. The van der Waals surface area contributed by atoms with Crippen LogP contribution in [-0.4, -0.2) is 24.2 Å². The van der Waals surface area contributed by atoms with Gasteiger partial charge in [-0.3, -0.25) is 4.79 Å². The molecule has 32 heavy (non-hydrogen) atoms. The summed E-state index contributed by atoms with van der Waals surface area (Å²) in [6, 6.07) is 23.1. The third-order valence-corrected chi connectivity index (χ3v) is 4.82. The van der Waals surface area contributed by atoms with Crippen LogP contribution in [0.15, 0.2) is 85.5 Å². The van der Waals surface area contributed by atoms with E-state index >= 15 is 0 Å². The third kappa shape index (κ3) is 7.51. The summed E-state index contributed by atoms with van der Waals surface area (Å²) >= 11 is 0. The van der Waals surface area contributed by atoms with Gasteiger partial charge in [0.15, 0.2) is 0 Å². The van der Waals surface area contributed by atoms with E-state index in [1.165, 1.54) is 0 Å². The van der Waals surface area contributed by atoms with E-state index in [1.807, 2.05) is 78.9 Å². The number of hydrogen-bond donors (Lipinski definition) is 2. The molecule has 0 aliphatic heterocycles. The van der Waals surface area contributed by atoms with Gasteiger partial charge in [0.1, 0.15) is 17.2 Å². The van der Waals surface area contributed by atoms with Crippen molar-refractivity contribution in [2.75, 3.05) is 18.5 Å². The predicted octanol–water partition coefficient (Wildman–Crippen LogP) is 6.11. The maximum Gasteiger partial charge on any atom is 0.307 e. The molecule has 0 aliphatic rings. The first kappa shape index (κ1) is 22.9. The van der Waals surface area contributed by atoms with E-state index in [4.69, 9.17) is 14.6 Å². The Morgan fingerprint density at radius 3 is 2.59 bits per heavy atom. The normalized spacial score (nSPS) is 10.4. The lowest BCUT2D eigenvalue weighted by Crippen LogP contribution is -2.06. The van der Waals surface area contributed by atoms with Crippen LogP contribution in [-0.2, 0) is 17.6 Å². The van der Waals surface area contributed by atoms with Crippen LogP contribution in [0.25, 0.3) is 0 Å². The van der Waals surface area contributed by atoms with Gasteiger partial charge in [0.2, 0.25) is 0 Å². The van der Waals surface area contributed by atoms with E-state index in [-0.39, 0.29) is 6.42 Å². The number of nitrogens with one attached hydrogen (secondary N) is 1. The maximum absolute atomic E-state index is 10.8. The molecule has 5 nitrogen and oxygen atoms in total. The average Bonchev–Trinajstić information content (AvgIpc) is 2.78. The zero-order valence-electron chi connectivity index (χ0n) is 18.1. The van der Waals surface area contributed by atoms with E-state index in [0.29, 0.717) is 13.0 Å². The van der Waals surface area contributed by atoms with Gasteiger partial charge in [0.25, 0.3) is 0 Å². The molecule has 0 saturated carbocycles. The highest BCUT2D eigenvalue weighted by Crippen LogP contribution is 2.28. The Morgan fingerprint density at radius 1 is 0.969 bits per heavy atom. The lowest BCUT2D eigenvalue weighted by atomic mass is 10.1. The summed E-state index contributed by atoms with van der Waals surface area (Å²) in [5.41, 5.74) is 2.77. The summed E-state index contributed by atoms with van der Waals surface area (Å²) in [5, 5.41) is 12.3. The molecule has 3 rings (SSSR count). The highest BCUT2D eigenvalue weighted by molar-refractivity contribution is 5.70. The number of aliphatic carboxylic acids is 1. The summed E-state index contributed by atoms with van der Waals surface area (Å²) in [7, 11) is 0. The molecule has 0 spiro atoms. The van der Waals surface area contributed by atoms with Gasteiger partial charge in [-0.05, 0) is 67.3 Å². The van der Waals surface area contributed by atoms with Crippen molar-refractivity contribution in [3.05, 3.63) is 96.6 Å². The second-order valence-corrected chi connectivity index (χ2v) is 7.43. The Kier molecular flexibility index (Phi) is 8.75. The number of rotatable bonds is 13. The van der Waals surface area contributed by atoms with Crippen molar-refractivity contribution in [2.24, 2.45) is 0 Å². The van der Waals surface area contributed by atoms with Crippen LogP contribution in [0.1, 0.15) is 24.0 Å². The number of allylic oxidation sites excluding steroid dienone is 1. The number of benzene rings is 3. The summed E-state index contributed by atoms with van der Waals surface area (Å²) in [5.74, 6) is 1.59. The number of carboxylic acids is 1. The van der Waals surface area contributed by atoms with Crippen molar-refractivity contribution in [1.82, 2.24) is 0 Å². The zero-order chi connectivity index (χ0) is 22.6. The van der Waals surface area contributed by atoms with Gasteiger partial charge in [0.05, 0.1) is 13.0 Å². The quantitative estimate of drug-likeness (QED) is 0.253. The third-order valence-electron chi connectivity index (χ3n) is 4.82. The minimum atomic E-state index is -0.824. The lowest BCUT2D eigenvalue weighted by molar-refractivity contribution is -0.136. The first-order valence-corrected chi connectivity index (χ1v) is 10.8. The summed E-state index contributed by atoms with van der Waals surface area (Å²) in [6.45, 7) is 5.25. The molecule has 0 radical (unpaired) electrons. The van der Waals surface area contributed by atoms with E-state index < -0.39 is 5.97 Å². The molecule has 0 heterocycles. The van der Waals surface area contributed by atoms with Gasteiger partial charge >= 0.3 is 5.97 Å².